The fourth-order valence-electron chi connectivity index (χ4n) is 4.75. The normalized spacial score (nSPS) is 32.5. The number of fused-ring (bicyclic) bond motifs is 1. The lowest BCUT2D eigenvalue weighted by Gasteiger charge is -2.46. The Morgan fingerprint density at radius 3 is 2.93 bits per heavy atom. The van der Waals surface area contributed by atoms with E-state index in [0.29, 0.717) is 0 Å². The zero-order valence-corrected chi connectivity index (χ0v) is 18.3. The van der Waals surface area contributed by atoms with Gasteiger partial charge in [-0.25, -0.2) is 4.79 Å². The van der Waals surface area contributed by atoms with Gasteiger partial charge in [-0.3, -0.25) is 4.79 Å². The quantitative estimate of drug-likeness (QED) is 0.482. The summed E-state index contributed by atoms with van der Waals surface area (Å²) in [7, 11) is 1.94. The Morgan fingerprint density at radius 1 is 1.52 bits per heavy atom. The average Bonchev–Trinajstić information content (AvgIpc) is 3.34. The summed E-state index contributed by atoms with van der Waals surface area (Å²) in [6, 6.07) is 2.25. The molecule has 0 bridgehead atoms. The van der Waals surface area contributed by atoms with Crippen molar-refractivity contribution < 1.29 is 19.8 Å². The van der Waals surface area contributed by atoms with Crippen molar-refractivity contribution in [2.75, 3.05) is 13.6 Å². The first-order chi connectivity index (χ1) is 13.8. The van der Waals surface area contributed by atoms with Crippen LogP contribution in [0.25, 0.3) is 0 Å². The first-order valence-electron chi connectivity index (χ1n) is 9.94. The van der Waals surface area contributed by atoms with Crippen molar-refractivity contribution in [2.45, 2.75) is 50.3 Å². The van der Waals surface area contributed by atoms with Crippen molar-refractivity contribution in [3.8, 4) is 0 Å². The topological polar surface area (TPSA) is 102 Å². The number of carbonyl (C=O) groups is 2. The standard InChI is InChI=1S/C20H27N3O4S2/c1-9-16-15(10(2)24)19(25)23(16)17(20(26)27)18(9)29-13-5-14(22-7-13)11-4-12(6-21-3)28-8-11/h4,8-10,13-16,21-22,24H,5-7H2,1-3H3,(H,26,27)/t9-,10-,13+,14+,15-,16-/m1/s1. The number of aliphatic hydroxyl groups is 1. The minimum atomic E-state index is -1.06. The van der Waals surface area contributed by atoms with E-state index >= 15 is 0 Å². The van der Waals surface area contributed by atoms with Crippen LogP contribution in [-0.4, -0.2) is 58.0 Å². The molecule has 3 aliphatic heterocycles. The Balaban J connectivity index is 1.48. The van der Waals surface area contributed by atoms with Crippen molar-refractivity contribution in [3.63, 3.8) is 0 Å². The van der Waals surface area contributed by atoms with Gasteiger partial charge in [0.2, 0.25) is 5.91 Å². The van der Waals surface area contributed by atoms with E-state index in [4.69, 9.17) is 0 Å². The summed E-state index contributed by atoms with van der Waals surface area (Å²) in [6.07, 6.45) is 0.149. The van der Waals surface area contributed by atoms with Crippen LogP contribution in [0.1, 0.15) is 36.8 Å². The number of carbonyl (C=O) groups excluding carboxylic acids is 1. The second-order valence-electron chi connectivity index (χ2n) is 8.08. The van der Waals surface area contributed by atoms with Crippen molar-refractivity contribution in [1.82, 2.24) is 15.5 Å². The predicted molar refractivity (Wildman–Crippen MR) is 113 cm³/mol. The molecule has 1 amide bonds. The third kappa shape index (κ3) is 3.53. The van der Waals surface area contributed by atoms with Crippen molar-refractivity contribution >= 4 is 35.0 Å². The van der Waals surface area contributed by atoms with E-state index in [0.717, 1.165) is 24.4 Å². The Hall–Kier alpha value is -1.39. The number of rotatable bonds is 7. The lowest BCUT2D eigenvalue weighted by atomic mass is 9.79. The van der Waals surface area contributed by atoms with Gasteiger partial charge in [-0.2, -0.15) is 0 Å². The van der Waals surface area contributed by atoms with Gasteiger partial charge in [-0.1, -0.05) is 6.92 Å². The monoisotopic (exact) mass is 437 g/mol. The Labute approximate surface area is 178 Å². The number of carboxylic acid groups (broad SMARTS) is 1. The molecule has 0 aromatic carbocycles. The van der Waals surface area contributed by atoms with E-state index in [2.05, 4.69) is 22.1 Å². The molecule has 1 aromatic rings. The number of aliphatic carboxylic acids is 1. The Kier molecular flexibility index (Phi) is 5.78. The summed E-state index contributed by atoms with van der Waals surface area (Å²) in [5, 5.41) is 28.9. The molecule has 0 unspecified atom stereocenters. The smallest absolute Gasteiger partial charge is 0.353 e. The van der Waals surface area contributed by atoms with Crippen LogP contribution >= 0.6 is 23.1 Å². The summed E-state index contributed by atoms with van der Waals surface area (Å²) >= 11 is 3.34. The molecule has 4 rings (SSSR count). The number of hydrogen-bond donors (Lipinski definition) is 4. The van der Waals surface area contributed by atoms with Gasteiger partial charge in [-0.05, 0) is 37.4 Å². The molecule has 9 heteroatoms. The van der Waals surface area contributed by atoms with E-state index in [1.807, 2.05) is 14.0 Å². The number of nitrogens with one attached hydrogen (secondary N) is 2. The molecule has 2 saturated heterocycles. The van der Waals surface area contributed by atoms with Gasteiger partial charge in [0.1, 0.15) is 5.70 Å². The Bertz CT molecular complexity index is 853. The van der Waals surface area contributed by atoms with Gasteiger partial charge >= 0.3 is 5.97 Å². The van der Waals surface area contributed by atoms with Crippen molar-refractivity contribution in [3.05, 3.63) is 32.5 Å². The molecule has 0 radical (unpaired) electrons. The molecule has 29 heavy (non-hydrogen) atoms. The van der Waals surface area contributed by atoms with Crippen LogP contribution in [0.3, 0.4) is 0 Å². The number of nitrogens with zero attached hydrogens (tertiary/aromatic N) is 1. The third-order valence-corrected chi connectivity index (χ3v) is 8.59. The molecule has 4 N–H and O–H groups in total. The van der Waals surface area contributed by atoms with Crippen LogP contribution in [0.5, 0.6) is 0 Å². The average molecular weight is 438 g/mol. The maximum atomic E-state index is 12.5. The van der Waals surface area contributed by atoms with Gasteiger partial charge in [-0.15, -0.1) is 23.1 Å². The molecule has 1 aromatic heterocycles. The number of aliphatic hydroxyl groups excluding tert-OH is 1. The van der Waals surface area contributed by atoms with Crippen LogP contribution in [-0.2, 0) is 16.1 Å². The highest BCUT2D eigenvalue weighted by atomic mass is 32.2. The van der Waals surface area contributed by atoms with E-state index in [9.17, 15) is 19.8 Å². The van der Waals surface area contributed by atoms with Crippen LogP contribution in [0, 0.1) is 11.8 Å². The lowest BCUT2D eigenvalue weighted by molar-refractivity contribution is -0.163. The molecule has 0 spiro atoms. The first kappa shape index (κ1) is 20.9. The molecule has 4 heterocycles. The fourth-order valence-corrected chi connectivity index (χ4v) is 7.18. The van der Waals surface area contributed by atoms with Gasteiger partial charge in [0, 0.05) is 40.1 Å². The molecule has 7 nitrogen and oxygen atoms in total. The summed E-state index contributed by atoms with van der Waals surface area (Å²) in [6.45, 7) is 5.24. The van der Waals surface area contributed by atoms with E-state index in [1.165, 1.54) is 15.3 Å². The van der Waals surface area contributed by atoms with E-state index in [1.54, 1.807) is 30.0 Å². The molecular weight excluding hydrogens is 410 g/mol. The molecular formula is C20H27N3O4S2. The molecule has 0 saturated carbocycles. The van der Waals surface area contributed by atoms with E-state index < -0.39 is 18.0 Å². The number of carboxylic acids is 1. The third-order valence-electron chi connectivity index (χ3n) is 6.12. The van der Waals surface area contributed by atoms with Gasteiger partial charge in [0.25, 0.3) is 0 Å². The van der Waals surface area contributed by atoms with Crippen LogP contribution < -0.4 is 10.6 Å². The predicted octanol–water partition coefficient (Wildman–Crippen LogP) is 1.76. The second-order valence-corrected chi connectivity index (χ2v) is 10.4. The molecule has 158 valence electrons. The summed E-state index contributed by atoms with van der Waals surface area (Å²) < 4.78 is 0. The highest BCUT2D eigenvalue weighted by molar-refractivity contribution is 8.03. The van der Waals surface area contributed by atoms with Crippen molar-refractivity contribution in [2.24, 2.45) is 11.8 Å². The van der Waals surface area contributed by atoms with Crippen LogP contribution in [0.15, 0.2) is 22.0 Å². The highest BCUT2D eigenvalue weighted by Gasteiger charge is 2.60. The minimum Gasteiger partial charge on any atom is -0.477 e. The Morgan fingerprint density at radius 2 is 2.28 bits per heavy atom. The first-order valence-corrected chi connectivity index (χ1v) is 11.7. The maximum Gasteiger partial charge on any atom is 0.353 e. The molecule has 3 aliphatic rings. The second kappa shape index (κ2) is 8.03. The lowest BCUT2D eigenvalue weighted by Crippen LogP contribution is -2.63. The largest absolute Gasteiger partial charge is 0.477 e. The number of β-lactam (4-membered cyclic amide) rings is 1. The maximum absolute atomic E-state index is 12.5. The number of thioether (sulfide) groups is 1. The van der Waals surface area contributed by atoms with Crippen molar-refractivity contribution in [1.29, 1.82) is 0 Å². The minimum absolute atomic E-state index is 0.0779. The number of thiophene rings is 1. The van der Waals surface area contributed by atoms with Gasteiger partial charge in [0.05, 0.1) is 18.1 Å². The van der Waals surface area contributed by atoms with Gasteiger partial charge in [0.15, 0.2) is 0 Å². The molecule has 2 fully saturated rings. The van der Waals surface area contributed by atoms with Gasteiger partial charge < -0.3 is 25.7 Å². The van der Waals surface area contributed by atoms with Crippen LogP contribution in [0.2, 0.25) is 0 Å². The zero-order chi connectivity index (χ0) is 20.9. The summed E-state index contributed by atoms with van der Waals surface area (Å²) in [4.78, 5) is 27.9. The highest BCUT2D eigenvalue weighted by Crippen LogP contribution is 2.52. The zero-order valence-electron chi connectivity index (χ0n) is 16.7. The van der Waals surface area contributed by atoms with E-state index in [-0.39, 0.29) is 34.9 Å². The SMILES string of the molecule is CNCc1cc([C@@H]2C[C@H](SC3=C(C(=O)O)N4C(=O)[C@H]([C@@H](C)O)[C@H]4[C@H]3C)CN2)cs1. The van der Waals surface area contributed by atoms with Crippen LogP contribution in [0.4, 0.5) is 0 Å². The molecule has 6 atom stereocenters. The summed E-state index contributed by atoms with van der Waals surface area (Å²) in [5.74, 6) is -1.92. The fraction of sp³-hybridized carbons (Fsp3) is 0.600. The number of amides is 1. The molecule has 0 aliphatic carbocycles. The number of hydrogen-bond acceptors (Lipinski definition) is 7. The summed E-state index contributed by atoms with van der Waals surface area (Å²) in [5.41, 5.74) is 1.40.